The average Bonchev–Trinajstić information content (AvgIpc) is 3.39. The van der Waals surface area contributed by atoms with E-state index in [1.54, 1.807) is 28.7 Å². The number of nitrogens with zero attached hydrogens (tertiary/aromatic N) is 3. The highest BCUT2D eigenvalue weighted by Crippen LogP contribution is 2.27. The smallest absolute Gasteiger partial charge is 0.206 e. The summed E-state index contributed by atoms with van der Waals surface area (Å²) < 4.78 is 1.84. The van der Waals surface area contributed by atoms with Gasteiger partial charge in [-0.05, 0) is 42.5 Å². The number of thiophene rings is 1. The molecule has 0 aliphatic heterocycles. The Hall–Kier alpha value is -3.16. The molecule has 0 spiro atoms. The highest BCUT2D eigenvalue weighted by atomic mass is 32.1. The van der Waals surface area contributed by atoms with E-state index in [1.165, 1.54) is 17.7 Å². The predicted octanol–water partition coefficient (Wildman–Crippen LogP) is 5.11. The van der Waals surface area contributed by atoms with Crippen molar-refractivity contribution in [3.63, 3.8) is 0 Å². The minimum atomic E-state index is -0.00711. The Morgan fingerprint density at radius 1 is 1.00 bits per heavy atom. The Balaban J connectivity index is 1.72. The first-order valence-corrected chi connectivity index (χ1v) is 11.2. The summed E-state index contributed by atoms with van der Waals surface area (Å²) in [6.45, 7) is 2.50. The third-order valence-electron chi connectivity index (χ3n) is 4.57. The molecule has 0 unspecified atom stereocenters. The van der Waals surface area contributed by atoms with Crippen LogP contribution in [0.15, 0.2) is 81.5 Å². The maximum atomic E-state index is 10.2. The highest BCUT2D eigenvalue weighted by Gasteiger charge is 2.11. The van der Waals surface area contributed by atoms with E-state index < -0.39 is 0 Å². The number of benzene rings is 2. The minimum Gasteiger partial charge on any atom is -0.508 e. The Bertz CT molecular complexity index is 1220. The number of hydrogen-bond donors (Lipinski definition) is 2. The topological polar surface area (TPSA) is 70.1 Å². The quantitative estimate of drug-likeness (QED) is 0.414. The number of phenolic OH excluding ortho intramolecular Hbond substituents is 2. The standard InChI is InChI=1S/C23H21N3O2S2/c1-16(19-10-9-18(27)14-21(19)28)25-26-20(22-8-5-13-29-22)15-30-23(26)24-12-11-17-6-3-2-4-7-17/h2-10,13-15,27-28H,11-12H2,1H3. The van der Waals surface area contributed by atoms with Crippen molar-refractivity contribution >= 4 is 28.4 Å². The van der Waals surface area contributed by atoms with Gasteiger partial charge in [0.1, 0.15) is 11.5 Å². The van der Waals surface area contributed by atoms with Crippen LogP contribution < -0.4 is 4.80 Å². The van der Waals surface area contributed by atoms with Gasteiger partial charge in [-0.1, -0.05) is 36.4 Å². The molecule has 2 heterocycles. The van der Waals surface area contributed by atoms with Gasteiger partial charge in [-0.2, -0.15) is 5.10 Å². The molecule has 2 N–H and O–H groups in total. The number of phenols is 2. The Morgan fingerprint density at radius 2 is 1.83 bits per heavy atom. The SMILES string of the molecule is CC(=Nn1c(-c2cccs2)csc1=NCCc1ccccc1)c1ccc(O)cc1O. The summed E-state index contributed by atoms with van der Waals surface area (Å²) >= 11 is 3.19. The average molecular weight is 436 g/mol. The van der Waals surface area contributed by atoms with Gasteiger partial charge < -0.3 is 10.2 Å². The molecule has 4 aromatic rings. The molecule has 0 saturated carbocycles. The molecule has 0 aliphatic rings. The van der Waals surface area contributed by atoms with E-state index in [0.29, 0.717) is 17.8 Å². The number of aromatic nitrogens is 1. The largest absolute Gasteiger partial charge is 0.508 e. The van der Waals surface area contributed by atoms with Crippen LogP contribution in [0.25, 0.3) is 10.6 Å². The summed E-state index contributed by atoms with van der Waals surface area (Å²) in [6.07, 6.45) is 0.856. The molecule has 0 saturated heterocycles. The van der Waals surface area contributed by atoms with Crippen LogP contribution in [0.5, 0.6) is 11.5 Å². The van der Waals surface area contributed by atoms with E-state index in [-0.39, 0.29) is 11.5 Å². The maximum Gasteiger partial charge on any atom is 0.206 e. The lowest BCUT2D eigenvalue weighted by Crippen LogP contribution is -2.15. The lowest BCUT2D eigenvalue weighted by molar-refractivity contribution is 0.450. The summed E-state index contributed by atoms with van der Waals surface area (Å²) in [6, 6.07) is 18.9. The van der Waals surface area contributed by atoms with Crippen molar-refractivity contribution in [3.05, 3.63) is 87.4 Å². The van der Waals surface area contributed by atoms with E-state index in [1.807, 2.05) is 41.2 Å². The summed E-state index contributed by atoms with van der Waals surface area (Å²) in [5, 5.41) is 28.6. The number of thiazole rings is 1. The molecule has 7 heteroatoms. The fourth-order valence-corrected chi connectivity index (χ4v) is 4.70. The molecule has 5 nitrogen and oxygen atoms in total. The molecule has 152 valence electrons. The van der Waals surface area contributed by atoms with Crippen LogP contribution in [0.4, 0.5) is 0 Å². The second kappa shape index (κ2) is 9.11. The Morgan fingerprint density at radius 3 is 2.57 bits per heavy atom. The van der Waals surface area contributed by atoms with Gasteiger partial charge >= 0.3 is 0 Å². The molecule has 4 rings (SSSR count). The lowest BCUT2D eigenvalue weighted by atomic mass is 10.1. The van der Waals surface area contributed by atoms with Gasteiger partial charge in [0, 0.05) is 23.6 Å². The van der Waals surface area contributed by atoms with Crippen molar-refractivity contribution in [1.82, 2.24) is 4.68 Å². The molecule has 0 radical (unpaired) electrons. The zero-order chi connectivity index (χ0) is 20.9. The van der Waals surface area contributed by atoms with E-state index in [4.69, 9.17) is 10.1 Å². The van der Waals surface area contributed by atoms with Crippen LogP contribution in [0, 0.1) is 0 Å². The third-order valence-corrected chi connectivity index (χ3v) is 6.32. The van der Waals surface area contributed by atoms with Gasteiger partial charge in [0.2, 0.25) is 4.80 Å². The molecule has 0 bridgehead atoms. The molecular formula is C23H21N3O2S2. The van der Waals surface area contributed by atoms with E-state index >= 15 is 0 Å². The van der Waals surface area contributed by atoms with Crippen LogP contribution in [0.3, 0.4) is 0 Å². The van der Waals surface area contributed by atoms with Crippen LogP contribution in [0.2, 0.25) is 0 Å². The second-order valence-electron chi connectivity index (χ2n) is 6.70. The normalized spacial score (nSPS) is 12.4. The predicted molar refractivity (Wildman–Crippen MR) is 124 cm³/mol. The molecule has 0 amide bonds. The zero-order valence-corrected chi connectivity index (χ0v) is 18.0. The van der Waals surface area contributed by atoms with Crippen LogP contribution >= 0.6 is 22.7 Å². The summed E-state index contributed by atoms with van der Waals surface area (Å²) in [7, 11) is 0. The molecule has 0 fully saturated rings. The van der Waals surface area contributed by atoms with E-state index in [9.17, 15) is 10.2 Å². The fourth-order valence-electron chi connectivity index (χ4n) is 3.05. The Labute approximate surface area is 182 Å². The van der Waals surface area contributed by atoms with Crippen LogP contribution in [-0.4, -0.2) is 27.1 Å². The lowest BCUT2D eigenvalue weighted by Gasteiger charge is -2.07. The number of aromatic hydroxyl groups is 2. The molecular weight excluding hydrogens is 414 g/mol. The first kappa shape index (κ1) is 20.1. The first-order valence-electron chi connectivity index (χ1n) is 9.48. The first-order chi connectivity index (χ1) is 14.6. The summed E-state index contributed by atoms with van der Waals surface area (Å²) in [5.41, 5.74) is 3.41. The second-order valence-corrected chi connectivity index (χ2v) is 8.48. The minimum absolute atomic E-state index is 0.00711. The van der Waals surface area contributed by atoms with Gasteiger partial charge in [-0.25, -0.2) is 4.68 Å². The molecule has 0 atom stereocenters. The van der Waals surface area contributed by atoms with Crippen molar-refractivity contribution in [2.45, 2.75) is 13.3 Å². The van der Waals surface area contributed by atoms with E-state index in [2.05, 4.69) is 23.6 Å². The molecule has 30 heavy (non-hydrogen) atoms. The Kier molecular flexibility index (Phi) is 6.11. The van der Waals surface area contributed by atoms with Crippen molar-refractivity contribution in [2.24, 2.45) is 10.1 Å². The van der Waals surface area contributed by atoms with Crippen LogP contribution in [-0.2, 0) is 6.42 Å². The molecule has 2 aromatic heterocycles. The van der Waals surface area contributed by atoms with Crippen molar-refractivity contribution in [2.75, 3.05) is 6.54 Å². The number of hydrogen-bond acceptors (Lipinski definition) is 6. The van der Waals surface area contributed by atoms with Crippen molar-refractivity contribution in [1.29, 1.82) is 0 Å². The summed E-state index contributed by atoms with van der Waals surface area (Å²) in [5.74, 6) is 0.00966. The van der Waals surface area contributed by atoms with E-state index in [0.717, 1.165) is 21.8 Å². The molecule has 2 aromatic carbocycles. The number of rotatable bonds is 6. The summed E-state index contributed by atoms with van der Waals surface area (Å²) in [4.78, 5) is 6.69. The van der Waals surface area contributed by atoms with Gasteiger partial charge in [0.05, 0.1) is 16.3 Å². The van der Waals surface area contributed by atoms with Crippen LogP contribution in [0.1, 0.15) is 18.1 Å². The van der Waals surface area contributed by atoms with Gasteiger partial charge in [0.25, 0.3) is 0 Å². The zero-order valence-electron chi connectivity index (χ0n) is 16.4. The molecule has 0 aliphatic carbocycles. The fraction of sp³-hybridized carbons (Fsp3) is 0.130. The van der Waals surface area contributed by atoms with Gasteiger partial charge in [0.15, 0.2) is 0 Å². The highest BCUT2D eigenvalue weighted by molar-refractivity contribution is 7.14. The third kappa shape index (κ3) is 4.53. The monoisotopic (exact) mass is 435 g/mol. The van der Waals surface area contributed by atoms with Crippen molar-refractivity contribution < 1.29 is 10.2 Å². The van der Waals surface area contributed by atoms with Gasteiger partial charge in [-0.15, -0.1) is 22.7 Å². The van der Waals surface area contributed by atoms with Crippen molar-refractivity contribution in [3.8, 4) is 22.1 Å². The van der Waals surface area contributed by atoms with Gasteiger partial charge in [-0.3, -0.25) is 4.99 Å². The maximum absolute atomic E-state index is 10.2.